The van der Waals surface area contributed by atoms with Crippen molar-refractivity contribution in [3.63, 3.8) is 0 Å². The molecule has 1 aliphatic rings. The van der Waals surface area contributed by atoms with Gasteiger partial charge in [-0.3, -0.25) is 0 Å². The molecule has 1 saturated heterocycles. The highest BCUT2D eigenvalue weighted by molar-refractivity contribution is 7.99. The van der Waals surface area contributed by atoms with Crippen LogP contribution >= 0.6 is 11.8 Å². The number of rotatable bonds is 4. The fraction of sp³-hybridized carbons (Fsp3) is 1.00. The van der Waals surface area contributed by atoms with Gasteiger partial charge in [0.05, 0.1) is 6.10 Å². The van der Waals surface area contributed by atoms with Gasteiger partial charge in [0.1, 0.15) is 0 Å². The standard InChI is InChI=1S/C8H17NO2S/c9-5-7(10)6-12-8-1-3-11-4-2-8/h7-8,10H,1-6,9H2. The highest BCUT2D eigenvalue weighted by Gasteiger charge is 2.15. The monoisotopic (exact) mass is 191 g/mol. The molecule has 0 aliphatic carbocycles. The van der Waals surface area contributed by atoms with E-state index in [1.165, 1.54) is 0 Å². The maximum Gasteiger partial charge on any atom is 0.0752 e. The lowest BCUT2D eigenvalue weighted by Gasteiger charge is -2.22. The normalized spacial score (nSPS) is 22.5. The first-order valence-electron chi connectivity index (χ1n) is 4.40. The minimum absolute atomic E-state index is 0.335. The van der Waals surface area contributed by atoms with E-state index in [1.54, 1.807) is 0 Å². The van der Waals surface area contributed by atoms with Crippen molar-refractivity contribution < 1.29 is 9.84 Å². The predicted octanol–water partition coefficient (Wildman–Crippen LogP) is 0.218. The van der Waals surface area contributed by atoms with Gasteiger partial charge in [-0.1, -0.05) is 0 Å². The van der Waals surface area contributed by atoms with E-state index >= 15 is 0 Å². The summed E-state index contributed by atoms with van der Waals surface area (Å²) in [7, 11) is 0. The molecule has 0 aromatic rings. The third-order valence-electron chi connectivity index (χ3n) is 1.96. The number of thioether (sulfide) groups is 1. The van der Waals surface area contributed by atoms with Gasteiger partial charge in [-0.05, 0) is 12.8 Å². The van der Waals surface area contributed by atoms with Crippen LogP contribution in [0.25, 0.3) is 0 Å². The Balaban J connectivity index is 2.05. The van der Waals surface area contributed by atoms with E-state index < -0.39 is 0 Å². The molecule has 0 aromatic heterocycles. The number of ether oxygens (including phenoxy) is 1. The summed E-state index contributed by atoms with van der Waals surface area (Å²) in [5.41, 5.74) is 5.30. The lowest BCUT2D eigenvalue weighted by Crippen LogP contribution is -2.25. The Bertz CT molecular complexity index is 118. The molecule has 3 N–H and O–H groups in total. The maximum atomic E-state index is 9.21. The zero-order valence-electron chi connectivity index (χ0n) is 7.24. The average molecular weight is 191 g/mol. The largest absolute Gasteiger partial charge is 0.391 e. The Morgan fingerprint density at radius 1 is 1.50 bits per heavy atom. The molecule has 1 aliphatic heterocycles. The Morgan fingerprint density at radius 2 is 2.17 bits per heavy atom. The number of hydrogen-bond donors (Lipinski definition) is 2. The van der Waals surface area contributed by atoms with Gasteiger partial charge in [0.2, 0.25) is 0 Å². The molecule has 1 unspecified atom stereocenters. The Labute approximate surface area is 77.7 Å². The van der Waals surface area contributed by atoms with Crippen molar-refractivity contribution in [2.75, 3.05) is 25.5 Å². The van der Waals surface area contributed by atoms with E-state index in [9.17, 15) is 5.11 Å². The van der Waals surface area contributed by atoms with Crippen LogP contribution in [0.3, 0.4) is 0 Å². The van der Waals surface area contributed by atoms with Crippen LogP contribution in [0, 0.1) is 0 Å². The van der Waals surface area contributed by atoms with E-state index in [1.807, 2.05) is 11.8 Å². The number of hydrogen-bond acceptors (Lipinski definition) is 4. The lowest BCUT2D eigenvalue weighted by atomic mass is 10.2. The molecule has 72 valence electrons. The summed E-state index contributed by atoms with van der Waals surface area (Å²) in [6.07, 6.45) is 1.89. The van der Waals surface area contributed by atoms with Gasteiger partial charge in [0.15, 0.2) is 0 Å². The first-order valence-corrected chi connectivity index (χ1v) is 5.45. The molecule has 1 rings (SSSR count). The Kier molecular flexibility index (Phi) is 4.99. The van der Waals surface area contributed by atoms with E-state index in [2.05, 4.69) is 0 Å². The molecule has 0 bridgehead atoms. The van der Waals surface area contributed by atoms with E-state index in [4.69, 9.17) is 10.5 Å². The van der Waals surface area contributed by atoms with Gasteiger partial charge >= 0.3 is 0 Å². The van der Waals surface area contributed by atoms with Gasteiger partial charge in [0, 0.05) is 30.8 Å². The molecular weight excluding hydrogens is 174 g/mol. The fourth-order valence-corrected chi connectivity index (χ4v) is 2.31. The van der Waals surface area contributed by atoms with E-state index in [-0.39, 0.29) is 6.10 Å². The van der Waals surface area contributed by atoms with Crippen molar-refractivity contribution in [2.45, 2.75) is 24.2 Å². The second-order valence-corrected chi connectivity index (χ2v) is 4.37. The topological polar surface area (TPSA) is 55.5 Å². The first kappa shape index (κ1) is 10.3. The maximum absolute atomic E-state index is 9.21. The third-order valence-corrected chi connectivity index (χ3v) is 3.48. The summed E-state index contributed by atoms with van der Waals surface area (Å²) in [6.45, 7) is 2.11. The fourth-order valence-electron chi connectivity index (χ4n) is 1.16. The predicted molar refractivity (Wildman–Crippen MR) is 51.4 cm³/mol. The molecule has 0 radical (unpaired) electrons. The van der Waals surface area contributed by atoms with E-state index in [0.717, 1.165) is 31.8 Å². The van der Waals surface area contributed by atoms with Gasteiger partial charge in [0.25, 0.3) is 0 Å². The molecule has 0 saturated carbocycles. The number of aliphatic hydroxyl groups is 1. The van der Waals surface area contributed by atoms with Gasteiger partial charge in [-0.25, -0.2) is 0 Å². The van der Waals surface area contributed by atoms with Crippen molar-refractivity contribution in [2.24, 2.45) is 5.73 Å². The van der Waals surface area contributed by atoms with E-state index in [0.29, 0.717) is 11.8 Å². The van der Waals surface area contributed by atoms with Crippen molar-refractivity contribution >= 4 is 11.8 Å². The minimum atomic E-state index is -0.335. The molecule has 0 spiro atoms. The molecule has 3 nitrogen and oxygen atoms in total. The molecule has 1 atom stereocenters. The minimum Gasteiger partial charge on any atom is -0.391 e. The van der Waals surface area contributed by atoms with Crippen LogP contribution < -0.4 is 5.73 Å². The zero-order valence-corrected chi connectivity index (χ0v) is 8.05. The van der Waals surface area contributed by atoms with Gasteiger partial charge in [-0.15, -0.1) is 0 Å². The van der Waals surface area contributed by atoms with Crippen LogP contribution in [0.4, 0.5) is 0 Å². The summed E-state index contributed by atoms with van der Waals surface area (Å²) in [5, 5.41) is 9.88. The van der Waals surface area contributed by atoms with Crippen LogP contribution in [0.15, 0.2) is 0 Å². The van der Waals surface area contributed by atoms with Crippen molar-refractivity contribution in [3.8, 4) is 0 Å². The summed E-state index contributed by atoms with van der Waals surface area (Å²) in [6, 6.07) is 0. The summed E-state index contributed by atoms with van der Waals surface area (Å²) < 4.78 is 5.23. The van der Waals surface area contributed by atoms with Crippen LogP contribution in [0.2, 0.25) is 0 Å². The summed E-state index contributed by atoms with van der Waals surface area (Å²) in [4.78, 5) is 0. The van der Waals surface area contributed by atoms with Crippen LogP contribution in [0.1, 0.15) is 12.8 Å². The summed E-state index contributed by atoms with van der Waals surface area (Å²) in [5.74, 6) is 0.765. The second kappa shape index (κ2) is 5.80. The molecule has 1 heterocycles. The van der Waals surface area contributed by atoms with Crippen molar-refractivity contribution in [3.05, 3.63) is 0 Å². The van der Waals surface area contributed by atoms with Crippen LogP contribution in [-0.4, -0.2) is 42.0 Å². The molecule has 0 aromatic carbocycles. The Morgan fingerprint density at radius 3 is 2.75 bits per heavy atom. The lowest BCUT2D eigenvalue weighted by molar-refractivity contribution is 0.0998. The third kappa shape index (κ3) is 3.76. The Hall–Kier alpha value is 0.230. The van der Waals surface area contributed by atoms with Crippen LogP contribution in [0.5, 0.6) is 0 Å². The molecule has 1 fully saturated rings. The van der Waals surface area contributed by atoms with Crippen molar-refractivity contribution in [1.29, 1.82) is 0 Å². The molecule has 4 heteroatoms. The quantitative estimate of drug-likeness (QED) is 0.667. The highest BCUT2D eigenvalue weighted by Crippen LogP contribution is 2.22. The van der Waals surface area contributed by atoms with Crippen LogP contribution in [-0.2, 0) is 4.74 Å². The molecule has 0 amide bonds. The van der Waals surface area contributed by atoms with Gasteiger partial charge < -0.3 is 15.6 Å². The number of aliphatic hydroxyl groups excluding tert-OH is 1. The van der Waals surface area contributed by atoms with Crippen molar-refractivity contribution in [1.82, 2.24) is 0 Å². The first-order chi connectivity index (χ1) is 5.83. The zero-order chi connectivity index (χ0) is 8.81. The smallest absolute Gasteiger partial charge is 0.0752 e. The highest BCUT2D eigenvalue weighted by atomic mass is 32.2. The second-order valence-electron chi connectivity index (χ2n) is 3.03. The molecular formula is C8H17NO2S. The average Bonchev–Trinajstić information content (AvgIpc) is 2.16. The SMILES string of the molecule is NCC(O)CSC1CCOCC1. The number of nitrogens with two attached hydrogens (primary N) is 1. The van der Waals surface area contributed by atoms with Gasteiger partial charge in [-0.2, -0.15) is 11.8 Å². The summed E-state index contributed by atoms with van der Waals surface area (Å²) >= 11 is 1.82. The molecule has 12 heavy (non-hydrogen) atoms.